The molecule has 2 aliphatic carbocycles. The van der Waals surface area contributed by atoms with Gasteiger partial charge in [0.15, 0.2) is 0 Å². The van der Waals surface area contributed by atoms with Gasteiger partial charge in [0.05, 0.1) is 12.7 Å². The molecule has 0 saturated heterocycles. The van der Waals surface area contributed by atoms with E-state index in [4.69, 9.17) is 10.5 Å². The zero-order valence-corrected chi connectivity index (χ0v) is 15.4. The van der Waals surface area contributed by atoms with Crippen LogP contribution in [0.3, 0.4) is 0 Å². The molecule has 1 saturated carbocycles. The summed E-state index contributed by atoms with van der Waals surface area (Å²) in [4.78, 5) is 0. The van der Waals surface area contributed by atoms with E-state index in [9.17, 15) is 0 Å². The van der Waals surface area contributed by atoms with Gasteiger partial charge in [-0.15, -0.1) is 0 Å². The van der Waals surface area contributed by atoms with E-state index >= 15 is 0 Å². The quantitative estimate of drug-likeness (QED) is 0.754. The molecule has 132 valence electrons. The van der Waals surface area contributed by atoms with Crippen molar-refractivity contribution >= 4 is 0 Å². The average Bonchev–Trinajstić information content (AvgIpc) is 2.94. The molecule has 2 heteroatoms. The zero-order chi connectivity index (χ0) is 17.0. The third-order valence-electron chi connectivity index (χ3n) is 5.71. The molecule has 0 amide bonds. The van der Waals surface area contributed by atoms with Crippen LogP contribution < -0.4 is 5.73 Å². The smallest absolute Gasteiger partial charge is 0.0651 e. The highest BCUT2D eigenvalue weighted by Crippen LogP contribution is 2.40. The van der Waals surface area contributed by atoms with Crippen LogP contribution in [0.2, 0.25) is 0 Å². The summed E-state index contributed by atoms with van der Waals surface area (Å²) < 4.78 is 6.04. The van der Waals surface area contributed by atoms with E-state index in [-0.39, 0.29) is 5.54 Å². The lowest BCUT2D eigenvalue weighted by molar-refractivity contribution is 0.0641. The Morgan fingerprint density at radius 1 is 1.25 bits per heavy atom. The number of allylic oxidation sites excluding steroid dienone is 1. The van der Waals surface area contributed by atoms with Crippen LogP contribution in [0, 0.1) is 0 Å². The van der Waals surface area contributed by atoms with Crippen LogP contribution >= 0.6 is 0 Å². The van der Waals surface area contributed by atoms with Gasteiger partial charge in [-0.2, -0.15) is 0 Å². The number of unbranched alkanes of at least 4 members (excludes halogenated alkanes) is 1. The SMILES string of the molecule is CCC/C=C\CO[C@H]1CCc2cc(C3CC[C@@](C)(N)C3)ccc2C1. The summed E-state index contributed by atoms with van der Waals surface area (Å²) in [6.45, 7) is 5.16. The molecular weight excluding hydrogens is 294 g/mol. The molecule has 0 radical (unpaired) electrons. The number of fused-ring (bicyclic) bond motifs is 1. The second kappa shape index (κ2) is 7.84. The van der Waals surface area contributed by atoms with Crippen molar-refractivity contribution in [1.29, 1.82) is 0 Å². The zero-order valence-electron chi connectivity index (χ0n) is 15.4. The first-order valence-corrected chi connectivity index (χ1v) is 9.74. The lowest BCUT2D eigenvalue weighted by atomic mass is 9.85. The van der Waals surface area contributed by atoms with Crippen molar-refractivity contribution in [2.45, 2.75) is 82.8 Å². The molecule has 0 bridgehead atoms. The Labute approximate surface area is 147 Å². The first-order valence-electron chi connectivity index (χ1n) is 9.74. The highest BCUT2D eigenvalue weighted by molar-refractivity contribution is 5.36. The molecule has 2 N–H and O–H groups in total. The van der Waals surface area contributed by atoms with Crippen LogP contribution in [0.25, 0.3) is 0 Å². The second-order valence-corrected chi connectivity index (χ2v) is 8.08. The number of ether oxygens (including phenoxy) is 1. The van der Waals surface area contributed by atoms with E-state index in [2.05, 4.69) is 44.2 Å². The summed E-state index contributed by atoms with van der Waals surface area (Å²) in [5, 5.41) is 0. The third-order valence-corrected chi connectivity index (χ3v) is 5.71. The number of hydrogen-bond acceptors (Lipinski definition) is 2. The van der Waals surface area contributed by atoms with Gasteiger partial charge in [-0.25, -0.2) is 0 Å². The van der Waals surface area contributed by atoms with Crippen molar-refractivity contribution in [1.82, 2.24) is 0 Å². The van der Waals surface area contributed by atoms with Gasteiger partial charge < -0.3 is 10.5 Å². The van der Waals surface area contributed by atoms with Gasteiger partial charge >= 0.3 is 0 Å². The maximum absolute atomic E-state index is 6.32. The number of nitrogens with two attached hydrogens (primary N) is 1. The van der Waals surface area contributed by atoms with Gasteiger partial charge in [0.1, 0.15) is 0 Å². The number of hydrogen-bond donors (Lipinski definition) is 1. The topological polar surface area (TPSA) is 35.2 Å². The second-order valence-electron chi connectivity index (χ2n) is 8.08. The van der Waals surface area contributed by atoms with Gasteiger partial charge in [-0.05, 0) is 74.5 Å². The molecule has 3 atom stereocenters. The van der Waals surface area contributed by atoms with Crippen LogP contribution in [0.1, 0.15) is 75.0 Å². The Morgan fingerprint density at radius 2 is 2.12 bits per heavy atom. The Hall–Kier alpha value is -1.12. The van der Waals surface area contributed by atoms with Crippen molar-refractivity contribution < 1.29 is 4.74 Å². The van der Waals surface area contributed by atoms with Crippen LogP contribution in [0.5, 0.6) is 0 Å². The van der Waals surface area contributed by atoms with Gasteiger partial charge in [0.25, 0.3) is 0 Å². The fraction of sp³-hybridized carbons (Fsp3) is 0.636. The predicted molar refractivity (Wildman–Crippen MR) is 101 cm³/mol. The minimum absolute atomic E-state index is 0.0325. The highest BCUT2D eigenvalue weighted by atomic mass is 16.5. The lowest BCUT2D eigenvalue weighted by Gasteiger charge is -2.26. The van der Waals surface area contributed by atoms with Crippen LogP contribution in [0.4, 0.5) is 0 Å². The van der Waals surface area contributed by atoms with Crippen LogP contribution in [-0.4, -0.2) is 18.2 Å². The van der Waals surface area contributed by atoms with Crippen molar-refractivity contribution in [2.75, 3.05) is 6.61 Å². The van der Waals surface area contributed by atoms with E-state index < -0.39 is 0 Å². The van der Waals surface area contributed by atoms with E-state index in [0.717, 1.165) is 45.1 Å². The number of aryl methyl sites for hydroxylation is 1. The number of benzene rings is 1. The predicted octanol–water partition coefficient (Wildman–Crippen LogP) is 4.90. The minimum atomic E-state index is 0.0325. The molecule has 2 aliphatic rings. The normalized spacial score (nSPS) is 30.0. The third kappa shape index (κ3) is 4.49. The first kappa shape index (κ1) is 17.7. The Balaban J connectivity index is 1.56. The Morgan fingerprint density at radius 3 is 2.88 bits per heavy atom. The standard InChI is InChI=1S/C22H33NO/c1-3-4-5-6-13-24-21-10-9-17-14-18(7-8-19(17)15-21)20-11-12-22(2,23)16-20/h5-8,14,20-21H,3-4,9-13,15-16,23H2,1-2H3/b6-5-/t20?,21-,22+/m0/s1. The lowest BCUT2D eigenvalue weighted by Crippen LogP contribution is -2.32. The fourth-order valence-electron chi connectivity index (χ4n) is 4.24. The molecule has 1 aromatic carbocycles. The van der Waals surface area contributed by atoms with Gasteiger partial charge in [-0.3, -0.25) is 0 Å². The summed E-state index contributed by atoms with van der Waals surface area (Å²) in [6.07, 6.45) is 14.0. The van der Waals surface area contributed by atoms with Crippen molar-refractivity contribution in [3.8, 4) is 0 Å². The number of rotatable bonds is 6. The van der Waals surface area contributed by atoms with Gasteiger partial charge in [0.2, 0.25) is 0 Å². The Bertz CT molecular complexity index is 575. The summed E-state index contributed by atoms with van der Waals surface area (Å²) in [5.74, 6) is 0.656. The first-order chi connectivity index (χ1) is 11.6. The monoisotopic (exact) mass is 327 g/mol. The van der Waals surface area contributed by atoms with Crippen molar-refractivity contribution in [2.24, 2.45) is 5.73 Å². The summed E-state index contributed by atoms with van der Waals surface area (Å²) in [7, 11) is 0. The molecule has 24 heavy (non-hydrogen) atoms. The average molecular weight is 328 g/mol. The van der Waals surface area contributed by atoms with Crippen LogP contribution in [0.15, 0.2) is 30.4 Å². The molecule has 0 spiro atoms. The molecule has 0 aromatic heterocycles. The molecule has 0 aliphatic heterocycles. The van der Waals surface area contributed by atoms with Crippen molar-refractivity contribution in [3.63, 3.8) is 0 Å². The summed E-state index contributed by atoms with van der Waals surface area (Å²) in [5.41, 5.74) is 10.9. The minimum Gasteiger partial charge on any atom is -0.374 e. The molecule has 1 fully saturated rings. The van der Waals surface area contributed by atoms with Gasteiger partial charge in [0, 0.05) is 5.54 Å². The van der Waals surface area contributed by atoms with E-state index in [1.807, 2.05) is 0 Å². The summed E-state index contributed by atoms with van der Waals surface area (Å²) >= 11 is 0. The molecular formula is C22H33NO. The fourth-order valence-corrected chi connectivity index (χ4v) is 4.24. The molecule has 3 rings (SSSR count). The largest absolute Gasteiger partial charge is 0.374 e. The Kier molecular flexibility index (Phi) is 5.78. The van der Waals surface area contributed by atoms with Gasteiger partial charge in [-0.1, -0.05) is 43.7 Å². The highest BCUT2D eigenvalue weighted by Gasteiger charge is 2.32. The van der Waals surface area contributed by atoms with Crippen LogP contribution in [-0.2, 0) is 17.6 Å². The maximum atomic E-state index is 6.32. The van der Waals surface area contributed by atoms with E-state index in [1.165, 1.54) is 24.0 Å². The van der Waals surface area contributed by atoms with Crippen molar-refractivity contribution in [3.05, 3.63) is 47.0 Å². The summed E-state index contributed by atoms with van der Waals surface area (Å²) in [6, 6.07) is 7.15. The molecule has 1 aromatic rings. The maximum Gasteiger partial charge on any atom is 0.0651 e. The molecule has 2 nitrogen and oxygen atoms in total. The van der Waals surface area contributed by atoms with E-state index in [0.29, 0.717) is 12.0 Å². The molecule has 1 unspecified atom stereocenters. The molecule has 0 heterocycles. The van der Waals surface area contributed by atoms with E-state index in [1.54, 1.807) is 5.56 Å².